The molecule has 2 amide bonds. The zero-order valence-corrected chi connectivity index (χ0v) is 15.4. The number of para-hydroxylation sites is 1. The fourth-order valence-electron chi connectivity index (χ4n) is 2.44. The molecule has 0 unspecified atom stereocenters. The van der Waals surface area contributed by atoms with Gasteiger partial charge in [-0.2, -0.15) is 0 Å². The summed E-state index contributed by atoms with van der Waals surface area (Å²) in [5.74, 6) is -0.756. The third-order valence-corrected chi connectivity index (χ3v) is 3.61. The molecule has 6 heteroatoms. The number of nitrogens with one attached hydrogen (secondary N) is 2. The molecular weight excluding hydrogens is 335 g/mol. The summed E-state index contributed by atoms with van der Waals surface area (Å²) in [6, 6.07) is 11.4. The van der Waals surface area contributed by atoms with Crippen molar-refractivity contribution in [2.75, 3.05) is 17.2 Å². The molecule has 2 N–H and O–H groups in total. The van der Waals surface area contributed by atoms with Gasteiger partial charge in [-0.15, -0.1) is 0 Å². The van der Waals surface area contributed by atoms with E-state index >= 15 is 0 Å². The second kappa shape index (κ2) is 7.99. The number of carbonyl (C=O) groups is 2. The van der Waals surface area contributed by atoms with E-state index in [0.717, 1.165) is 5.56 Å². The molecule has 26 heavy (non-hydrogen) atoms. The highest BCUT2D eigenvalue weighted by atomic mass is 19.1. The Morgan fingerprint density at radius 3 is 2.42 bits per heavy atom. The highest BCUT2D eigenvalue weighted by Gasteiger charge is 2.19. The summed E-state index contributed by atoms with van der Waals surface area (Å²) < 4.78 is 19.5. The summed E-state index contributed by atoms with van der Waals surface area (Å²) >= 11 is 0. The van der Waals surface area contributed by atoms with Gasteiger partial charge < -0.3 is 15.4 Å². The SMILES string of the molecule is CC(=O)Nc1ccc(F)c(NC(=O)COc2ccccc2C(C)(C)C)c1. The highest BCUT2D eigenvalue weighted by molar-refractivity contribution is 5.94. The van der Waals surface area contributed by atoms with E-state index in [-0.39, 0.29) is 23.6 Å². The van der Waals surface area contributed by atoms with Crippen LogP contribution in [0.5, 0.6) is 5.75 Å². The molecule has 2 aromatic rings. The number of hydrogen-bond acceptors (Lipinski definition) is 3. The number of carbonyl (C=O) groups excluding carboxylic acids is 2. The lowest BCUT2D eigenvalue weighted by atomic mass is 9.86. The quantitative estimate of drug-likeness (QED) is 0.846. The topological polar surface area (TPSA) is 67.4 Å². The molecule has 0 aliphatic carbocycles. The van der Waals surface area contributed by atoms with Gasteiger partial charge in [0.15, 0.2) is 6.61 Å². The normalized spacial score (nSPS) is 11.0. The molecule has 5 nitrogen and oxygen atoms in total. The van der Waals surface area contributed by atoms with Crippen LogP contribution in [0.3, 0.4) is 0 Å². The molecule has 2 aromatic carbocycles. The lowest BCUT2D eigenvalue weighted by Crippen LogP contribution is -2.22. The lowest BCUT2D eigenvalue weighted by molar-refractivity contribution is -0.118. The van der Waals surface area contributed by atoms with Crippen molar-refractivity contribution < 1.29 is 18.7 Å². The van der Waals surface area contributed by atoms with Crippen LogP contribution in [0.4, 0.5) is 15.8 Å². The highest BCUT2D eigenvalue weighted by Crippen LogP contribution is 2.31. The second-order valence-electron chi connectivity index (χ2n) is 6.96. The second-order valence-corrected chi connectivity index (χ2v) is 6.96. The average molecular weight is 358 g/mol. The smallest absolute Gasteiger partial charge is 0.262 e. The van der Waals surface area contributed by atoms with Gasteiger partial charge in [-0.25, -0.2) is 4.39 Å². The summed E-state index contributed by atoms with van der Waals surface area (Å²) in [5.41, 5.74) is 1.22. The predicted molar refractivity (Wildman–Crippen MR) is 100.0 cm³/mol. The van der Waals surface area contributed by atoms with E-state index in [1.54, 1.807) is 6.07 Å². The number of ether oxygens (including phenoxy) is 1. The van der Waals surface area contributed by atoms with E-state index in [0.29, 0.717) is 11.4 Å². The summed E-state index contributed by atoms with van der Waals surface area (Å²) in [7, 11) is 0. The zero-order valence-electron chi connectivity index (χ0n) is 15.4. The lowest BCUT2D eigenvalue weighted by Gasteiger charge is -2.22. The van der Waals surface area contributed by atoms with Crippen molar-refractivity contribution in [2.24, 2.45) is 0 Å². The Labute approximate surface area is 152 Å². The van der Waals surface area contributed by atoms with Gasteiger partial charge in [-0.1, -0.05) is 39.0 Å². The molecule has 0 aromatic heterocycles. The van der Waals surface area contributed by atoms with Crippen molar-refractivity contribution in [2.45, 2.75) is 33.1 Å². The molecule has 0 aliphatic heterocycles. The van der Waals surface area contributed by atoms with Gasteiger partial charge in [0.05, 0.1) is 5.69 Å². The van der Waals surface area contributed by atoms with Crippen LogP contribution in [0.1, 0.15) is 33.3 Å². The van der Waals surface area contributed by atoms with Crippen molar-refractivity contribution in [1.82, 2.24) is 0 Å². The maximum absolute atomic E-state index is 13.9. The van der Waals surface area contributed by atoms with Gasteiger partial charge in [0.2, 0.25) is 5.91 Å². The van der Waals surface area contributed by atoms with Crippen LogP contribution in [0.2, 0.25) is 0 Å². The van der Waals surface area contributed by atoms with Gasteiger partial charge in [0.25, 0.3) is 5.91 Å². The van der Waals surface area contributed by atoms with Crippen molar-refractivity contribution in [3.05, 3.63) is 53.8 Å². The van der Waals surface area contributed by atoms with E-state index in [2.05, 4.69) is 31.4 Å². The first-order valence-electron chi connectivity index (χ1n) is 8.26. The monoisotopic (exact) mass is 358 g/mol. The first-order chi connectivity index (χ1) is 12.2. The first kappa shape index (κ1) is 19.4. The minimum atomic E-state index is -0.595. The Hall–Kier alpha value is -2.89. The van der Waals surface area contributed by atoms with Crippen LogP contribution in [0.25, 0.3) is 0 Å². The molecule has 0 heterocycles. The predicted octanol–water partition coefficient (Wildman–Crippen LogP) is 4.10. The molecule has 0 atom stereocenters. The van der Waals surface area contributed by atoms with Crippen molar-refractivity contribution in [3.63, 3.8) is 0 Å². The van der Waals surface area contributed by atoms with Crippen LogP contribution in [-0.2, 0) is 15.0 Å². The van der Waals surface area contributed by atoms with E-state index in [1.165, 1.54) is 25.1 Å². The minimum absolute atomic E-state index is 0.0195. The number of hydrogen-bond donors (Lipinski definition) is 2. The van der Waals surface area contributed by atoms with Crippen LogP contribution in [-0.4, -0.2) is 18.4 Å². The van der Waals surface area contributed by atoms with Crippen LogP contribution in [0, 0.1) is 5.82 Å². The van der Waals surface area contributed by atoms with E-state index in [4.69, 9.17) is 4.74 Å². The number of halogens is 1. The van der Waals surface area contributed by atoms with Gasteiger partial charge in [0.1, 0.15) is 11.6 Å². The van der Waals surface area contributed by atoms with Gasteiger partial charge >= 0.3 is 0 Å². The third-order valence-electron chi connectivity index (χ3n) is 3.61. The van der Waals surface area contributed by atoms with Crippen molar-refractivity contribution >= 4 is 23.2 Å². The van der Waals surface area contributed by atoms with Crippen LogP contribution < -0.4 is 15.4 Å². The number of rotatable bonds is 5. The minimum Gasteiger partial charge on any atom is -0.483 e. The molecule has 0 bridgehead atoms. The van der Waals surface area contributed by atoms with E-state index in [9.17, 15) is 14.0 Å². The first-order valence-corrected chi connectivity index (χ1v) is 8.26. The van der Waals surface area contributed by atoms with Crippen LogP contribution >= 0.6 is 0 Å². The average Bonchev–Trinajstić information content (AvgIpc) is 2.55. The fraction of sp³-hybridized carbons (Fsp3) is 0.300. The molecule has 0 fully saturated rings. The summed E-state index contributed by atoms with van der Waals surface area (Å²) in [6.07, 6.45) is 0. The Kier molecular flexibility index (Phi) is 5.97. The van der Waals surface area contributed by atoms with E-state index in [1.807, 2.05) is 18.2 Å². The van der Waals surface area contributed by atoms with Gasteiger partial charge in [0, 0.05) is 12.6 Å². The summed E-state index contributed by atoms with van der Waals surface area (Å²) in [5, 5.41) is 5.00. The number of amides is 2. The number of benzene rings is 2. The third kappa shape index (κ3) is 5.31. The molecular formula is C20H23FN2O3. The number of anilines is 2. The zero-order chi connectivity index (χ0) is 19.3. The Balaban J connectivity index is 2.05. The van der Waals surface area contributed by atoms with E-state index < -0.39 is 11.7 Å². The molecule has 0 spiro atoms. The Morgan fingerprint density at radius 1 is 1.08 bits per heavy atom. The molecule has 0 radical (unpaired) electrons. The summed E-state index contributed by atoms with van der Waals surface area (Å²) in [6.45, 7) is 7.26. The summed E-state index contributed by atoms with van der Waals surface area (Å²) in [4.78, 5) is 23.2. The van der Waals surface area contributed by atoms with Crippen molar-refractivity contribution in [1.29, 1.82) is 0 Å². The van der Waals surface area contributed by atoms with Gasteiger partial charge in [-0.05, 0) is 35.2 Å². The Bertz CT molecular complexity index is 813. The van der Waals surface area contributed by atoms with Crippen molar-refractivity contribution in [3.8, 4) is 5.75 Å². The molecule has 0 saturated heterocycles. The fourth-order valence-corrected chi connectivity index (χ4v) is 2.44. The maximum Gasteiger partial charge on any atom is 0.262 e. The molecule has 2 rings (SSSR count). The van der Waals surface area contributed by atoms with Gasteiger partial charge in [-0.3, -0.25) is 9.59 Å². The van der Waals surface area contributed by atoms with Crippen LogP contribution in [0.15, 0.2) is 42.5 Å². The maximum atomic E-state index is 13.9. The Morgan fingerprint density at radius 2 is 1.77 bits per heavy atom. The largest absolute Gasteiger partial charge is 0.483 e. The molecule has 138 valence electrons. The molecule has 0 aliphatic rings. The standard InChI is InChI=1S/C20H23FN2O3/c1-13(24)22-14-9-10-16(21)17(11-14)23-19(25)12-26-18-8-6-5-7-15(18)20(2,3)4/h5-11H,12H2,1-4H3,(H,22,24)(H,23,25). The molecule has 0 saturated carbocycles.